The Morgan fingerprint density at radius 1 is 1.20 bits per heavy atom. The molecule has 2 heterocycles. The first-order valence-electron chi connectivity index (χ1n) is 8.42. The van der Waals surface area contributed by atoms with Gasteiger partial charge in [0.25, 0.3) is 5.91 Å². The lowest BCUT2D eigenvalue weighted by molar-refractivity contribution is 0.0626. The Hall–Kier alpha value is -2.47. The Kier molecular flexibility index (Phi) is 4.99. The maximum Gasteiger partial charge on any atom is 0.257 e. The smallest absolute Gasteiger partial charge is 0.257 e. The van der Waals surface area contributed by atoms with Crippen LogP contribution in [0, 0.1) is 13.8 Å². The highest BCUT2D eigenvalue weighted by molar-refractivity contribution is 5.95. The number of carbonyl (C=O) groups excluding carboxylic acids is 1. The second kappa shape index (κ2) is 7.19. The Bertz CT molecular complexity index is 761. The number of rotatable bonds is 4. The number of amides is 1. The van der Waals surface area contributed by atoms with Crippen LogP contribution < -0.4 is 4.74 Å². The molecule has 0 saturated carbocycles. The summed E-state index contributed by atoms with van der Waals surface area (Å²) in [6.45, 7) is 7.45. The van der Waals surface area contributed by atoms with E-state index in [1.54, 1.807) is 13.2 Å². The molecule has 25 heavy (non-hydrogen) atoms. The van der Waals surface area contributed by atoms with E-state index < -0.39 is 0 Å². The topological polar surface area (TPSA) is 66.2 Å². The third-order valence-electron chi connectivity index (χ3n) is 4.58. The van der Waals surface area contributed by atoms with Gasteiger partial charge in [0.1, 0.15) is 11.5 Å². The maximum absolute atomic E-state index is 12.6. The summed E-state index contributed by atoms with van der Waals surface area (Å²) in [7, 11) is 1.54. The van der Waals surface area contributed by atoms with Crippen molar-refractivity contribution in [1.82, 2.24) is 9.80 Å². The summed E-state index contributed by atoms with van der Waals surface area (Å²) >= 11 is 0. The van der Waals surface area contributed by atoms with Crippen LogP contribution >= 0.6 is 0 Å². The monoisotopic (exact) mass is 344 g/mol. The number of aromatic hydroxyl groups is 1. The van der Waals surface area contributed by atoms with E-state index >= 15 is 0 Å². The molecule has 0 spiro atoms. The molecule has 134 valence electrons. The quantitative estimate of drug-likeness (QED) is 0.923. The molecule has 1 N–H and O–H groups in total. The van der Waals surface area contributed by atoms with Crippen LogP contribution in [0.15, 0.2) is 28.7 Å². The van der Waals surface area contributed by atoms with Crippen molar-refractivity contribution in [1.29, 1.82) is 0 Å². The van der Waals surface area contributed by atoms with Crippen molar-refractivity contribution in [2.24, 2.45) is 0 Å². The standard InChI is InChI=1S/C19H24N2O4/c1-13-10-16(14(2)25-13)19(23)21-8-6-20(7-9-21)12-15-4-5-17(22)18(11-15)24-3/h4-5,10-11,22H,6-9,12H2,1-3H3. The molecular formula is C19H24N2O4. The van der Waals surface area contributed by atoms with Crippen LogP contribution in [0.3, 0.4) is 0 Å². The van der Waals surface area contributed by atoms with Gasteiger partial charge in [0.05, 0.1) is 12.7 Å². The van der Waals surface area contributed by atoms with Gasteiger partial charge in [-0.25, -0.2) is 0 Å². The lowest BCUT2D eigenvalue weighted by Gasteiger charge is -2.34. The van der Waals surface area contributed by atoms with Gasteiger partial charge in [-0.2, -0.15) is 0 Å². The van der Waals surface area contributed by atoms with Crippen molar-refractivity contribution in [3.8, 4) is 11.5 Å². The van der Waals surface area contributed by atoms with Crippen molar-refractivity contribution in [3.05, 3.63) is 46.9 Å². The van der Waals surface area contributed by atoms with Crippen molar-refractivity contribution < 1.29 is 19.1 Å². The van der Waals surface area contributed by atoms with Crippen LogP contribution in [-0.4, -0.2) is 54.1 Å². The van der Waals surface area contributed by atoms with E-state index in [4.69, 9.17) is 9.15 Å². The van der Waals surface area contributed by atoms with Crippen LogP contribution in [-0.2, 0) is 6.54 Å². The maximum atomic E-state index is 12.6. The van der Waals surface area contributed by atoms with Gasteiger partial charge in [0.2, 0.25) is 0 Å². The number of methoxy groups -OCH3 is 1. The van der Waals surface area contributed by atoms with Crippen molar-refractivity contribution in [2.75, 3.05) is 33.3 Å². The van der Waals surface area contributed by atoms with Crippen LogP contribution in [0.5, 0.6) is 11.5 Å². The Labute approximate surface area is 147 Å². The minimum absolute atomic E-state index is 0.0419. The fraction of sp³-hybridized carbons (Fsp3) is 0.421. The van der Waals surface area contributed by atoms with Gasteiger partial charge in [-0.05, 0) is 37.6 Å². The number of ether oxygens (including phenoxy) is 1. The van der Waals surface area contributed by atoms with E-state index in [9.17, 15) is 9.90 Å². The number of hydrogen-bond donors (Lipinski definition) is 1. The van der Waals surface area contributed by atoms with Gasteiger partial charge in [-0.15, -0.1) is 0 Å². The summed E-state index contributed by atoms with van der Waals surface area (Å²) in [5.41, 5.74) is 1.74. The number of carbonyl (C=O) groups is 1. The molecule has 1 fully saturated rings. The lowest BCUT2D eigenvalue weighted by atomic mass is 10.1. The van der Waals surface area contributed by atoms with Crippen molar-refractivity contribution in [2.45, 2.75) is 20.4 Å². The van der Waals surface area contributed by atoms with Crippen LogP contribution in [0.2, 0.25) is 0 Å². The van der Waals surface area contributed by atoms with E-state index in [0.29, 0.717) is 30.2 Å². The summed E-state index contributed by atoms with van der Waals surface area (Å²) in [4.78, 5) is 16.8. The van der Waals surface area contributed by atoms with Crippen molar-refractivity contribution >= 4 is 5.91 Å². The lowest BCUT2D eigenvalue weighted by Crippen LogP contribution is -2.48. The zero-order valence-electron chi connectivity index (χ0n) is 14.9. The largest absolute Gasteiger partial charge is 0.504 e. The van der Waals surface area contributed by atoms with E-state index in [0.717, 1.165) is 31.0 Å². The Morgan fingerprint density at radius 2 is 1.92 bits per heavy atom. The van der Waals surface area contributed by atoms with Gasteiger partial charge in [-0.1, -0.05) is 6.07 Å². The molecule has 6 heteroatoms. The minimum atomic E-state index is 0.0419. The second-order valence-corrected chi connectivity index (χ2v) is 6.40. The molecule has 1 aliphatic heterocycles. The van der Waals surface area contributed by atoms with E-state index in [-0.39, 0.29) is 11.7 Å². The summed E-state index contributed by atoms with van der Waals surface area (Å²) in [6, 6.07) is 7.21. The van der Waals surface area contributed by atoms with Gasteiger partial charge >= 0.3 is 0 Å². The summed E-state index contributed by atoms with van der Waals surface area (Å²) in [6.07, 6.45) is 0. The molecular weight excluding hydrogens is 320 g/mol. The molecule has 0 atom stereocenters. The molecule has 1 aromatic heterocycles. The first-order chi connectivity index (χ1) is 12.0. The fourth-order valence-corrected chi connectivity index (χ4v) is 3.20. The molecule has 2 aromatic rings. The van der Waals surface area contributed by atoms with Gasteiger partial charge < -0.3 is 19.2 Å². The molecule has 1 aromatic carbocycles. The Balaban J connectivity index is 1.58. The zero-order chi connectivity index (χ0) is 18.0. The molecule has 1 aliphatic rings. The molecule has 1 saturated heterocycles. The number of hydrogen-bond acceptors (Lipinski definition) is 5. The first-order valence-corrected chi connectivity index (χ1v) is 8.42. The zero-order valence-corrected chi connectivity index (χ0v) is 14.9. The molecule has 6 nitrogen and oxygen atoms in total. The third kappa shape index (κ3) is 3.79. The highest BCUT2D eigenvalue weighted by Gasteiger charge is 2.24. The van der Waals surface area contributed by atoms with Crippen LogP contribution in [0.4, 0.5) is 0 Å². The molecule has 1 amide bonds. The van der Waals surface area contributed by atoms with Crippen LogP contribution in [0.25, 0.3) is 0 Å². The number of aryl methyl sites for hydroxylation is 2. The third-order valence-corrected chi connectivity index (χ3v) is 4.58. The highest BCUT2D eigenvalue weighted by Crippen LogP contribution is 2.27. The molecule has 3 rings (SSSR count). The normalized spacial score (nSPS) is 15.4. The van der Waals surface area contributed by atoms with Crippen molar-refractivity contribution in [3.63, 3.8) is 0 Å². The number of piperazine rings is 1. The molecule has 0 unspecified atom stereocenters. The summed E-state index contributed by atoms with van der Waals surface area (Å²) in [5.74, 6) is 2.12. The minimum Gasteiger partial charge on any atom is -0.504 e. The SMILES string of the molecule is COc1cc(CN2CCN(C(=O)c3cc(C)oc3C)CC2)ccc1O. The molecule has 0 bridgehead atoms. The number of benzene rings is 1. The average Bonchev–Trinajstić information content (AvgIpc) is 2.95. The van der Waals surface area contributed by atoms with Gasteiger partial charge in [0.15, 0.2) is 11.5 Å². The fourth-order valence-electron chi connectivity index (χ4n) is 3.20. The highest BCUT2D eigenvalue weighted by atomic mass is 16.5. The summed E-state index contributed by atoms with van der Waals surface area (Å²) in [5, 5.41) is 9.68. The number of nitrogens with zero attached hydrogens (tertiary/aromatic N) is 2. The number of furan rings is 1. The summed E-state index contributed by atoms with van der Waals surface area (Å²) < 4.78 is 10.6. The first kappa shape index (κ1) is 17.4. The molecule has 0 radical (unpaired) electrons. The van der Waals surface area contributed by atoms with Gasteiger partial charge in [0, 0.05) is 32.7 Å². The number of phenolic OH excluding ortho intramolecular Hbond substituents is 1. The van der Waals surface area contributed by atoms with E-state index in [1.165, 1.54) is 0 Å². The predicted molar refractivity (Wildman–Crippen MR) is 94.0 cm³/mol. The number of phenols is 1. The van der Waals surface area contributed by atoms with Crippen LogP contribution in [0.1, 0.15) is 27.4 Å². The average molecular weight is 344 g/mol. The molecule has 0 aliphatic carbocycles. The second-order valence-electron chi connectivity index (χ2n) is 6.40. The van der Waals surface area contributed by atoms with Gasteiger partial charge in [-0.3, -0.25) is 9.69 Å². The Morgan fingerprint density at radius 3 is 2.52 bits per heavy atom. The predicted octanol–water partition coefficient (Wildman–Crippen LogP) is 2.57. The van der Waals surface area contributed by atoms with E-state index in [2.05, 4.69) is 4.90 Å². The van der Waals surface area contributed by atoms with E-state index in [1.807, 2.05) is 36.9 Å².